The number of pyridine rings is 1. The lowest BCUT2D eigenvalue weighted by Crippen LogP contribution is -1.94. The van der Waals surface area contributed by atoms with Crippen molar-refractivity contribution >= 4 is 27.8 Å². The lowest BCUT2D eigenvalue weighted by molar-refractivity contribution is -0.389. The van der Waals surface area contributed by atoms with Crippen LogP contribution in [-0.2, 0) is 0 Å². The van der Waals surface area contributed by atoms with Crippen LogP contribution in [0.15, 0.2) is 24.4 Å². The number of rotatable bonds is 4. The molecule has 1 aromatic heterocycles. The molecule has 0 N–H and O–H groups in total. The number of nitro groups is 1. The highest BCUT2D eigenvalue weighted by Gasteiger charge is 2.10. The number of alkyl halides is 1. The Morgan fingerprint density at radius 3 is 3.07 bits per heavy atom. The zero-order valence-electron chi connectivity index (χ0n) is 7.39. The minimum absolute atomic E-state index is 0.0988. The molecule has 0 atom stereocenters. The largest absolute Gasteiger partial charge is 0.370 e. The van der Waals surface area contributed by atoms with Gasteiger partial charge in [0.25, 0.3) is 0 Å². The molecule has 74 valence electrons. The molecule has 0 spiro atoms. The predicted molar refractivity (Wildman–Crippen MR) is 58.3 cm³/mol. The van der Waals surface area contributed by atoms with Crippen molar-refractivity contribution in [1.82, 2.24) is 4.98 Å². The molecule has 5 heteroatoms. The van der Waals surface area contributed by atoms with Gasteiger partial charge in [-0.2, -0.15) is 0 Å². The van der Waals surface area contributed by atoms with Gasteiger partial charge in [0.1, 0.15) is 6.20 Å². The first kappa shape index (κ1) is 10.8. The molecule has 0 saturated heterocycles. The van der Waals surface area contributed by atoms with Crippen LogP contribution in [0, 0.1) is 10.1 Å². The van der Waals surface area contributed by atoms with Crippen molar-refractivity contribution in [1.29, 1.82) is 0 Å². The summed E-state index contributed by atoms with van der Waals surface area (Å²) in [6.07, 6.45) is 5.84. The number of nitrogens with zero attached hydrogens (tertiary/aromatic N) is 2. The SMILES string of the molecule is O=[N+]([O-])c1ncccc1C=CCCBr. The van der Waals surface area contributed by atoms with Gasteiger partial charge in [-0.3, -0.25) is 0 Å². The standard InChI is InChI=1S/C9H9BrN2O2/c10-6-2-1-4-8-5-3-7-11-9(8)12(13)14/h1,3-5,7H,2,6H2. The van der Waals surface area contributed by atoms with Gasteiger partial charge in [-0.25, -0.2) is 0 Å². The third kappa shape index (κ3) is 2.92. The van der Waals surface area contributed by atoms with E-state index in [1.54, 1.807) is 18.2 Å². The summed E-state index contributed by atoms with van der Waals surface area (Å²) < 4.78 is 0. The molecule has 1 heterocycles. The summed E-state index contributed by atoms with van der Waals surface area (Å²) >= 11 is 3.27. The van der Waals surface area contributed by atoms with E-state index in [9.17, 15) is 10.1 Å². The second kappa shape index (κ2) is 5.49. The Hall–Kier alpha value is -1.23. The molecule has 1 aromatic rings. The maximum atomic E-state index is 10.6. The molecular weight excluding hydrogens is 248 g/mol. The predicted octanol–water partition coefficient (Wildman–Crippen LogP) is 2.79. The zero-order chi connectivity index (χ0) is 10.4. The molecule has 4 nitrogen and oxygen atoms in total. The first-order valence-electron chi connectivity index (χ1n) is 4.07. The molecular formula is C9H9BrN2O2. The average molecular weight is 257 g/mol. The van der Waals surface area contributed by atoms with Crippen LogP contribution in [0.4, 0.5) is 5.82 Å². The van der Waals surface area contributed by atoms with Gasteiger partial charge < -0.3 is 10.1 Å². The van der Waals surface area contributed by atoms with Crippen molar-refractivity contribution in [3.8, 4) is 0 Å². The lowest BCUT2D eigenvalue weighted by Gasteiger charge is -1.95. The molecule has 0 aromatic carbocycles. The summed E-state index contributed by atoms with van der Waals surface area (Å²) in [6.45, 7) is 0. The van der Waals surface area contributed by atoms with Crippen LogP contribution in [0.1, 0.15) is 12.0 Å². The summed E-state index contributed by atoms with van der Waals surface area (Å²) in [4.78, 5) is 13.8. The smallest absolute Gasteiger partial charge is 0.358 e. The van der Waals surface area contributed by atoms with Crippen molar-refractivity contribution < 1.29 is 4.92 Å². The zero-order valence-corrected chi connectivity index (χ0v) is 8.98. The molecule has 14 heavy (non-hydrogen) atoms. The van der Waals surface area contributed by atoms with Crippen LogP contribution in [0.25, 0.3) is 6.08 Å². The van der Waals surface area contributed by atoms with Gasteiger partial charge in [0.05, 0.1) is 5.56 Å². The topological polar surface area (TPSA) is 56.0 Å². The molecule has 0 bridgehead atoms. The Morgan fingerprint density at radius 2 is 2.43 bits per heavy atom. The molecule has 0 saturated carbocycles. The van der Waals surface area contributed by atoms with Gasteiger partial charge in [0, 0.05) is 5.33 Å². The molecule has 0 amide bonds. The van der Waals surface area contributed by atoms with Gasteiger partial charge in [-0.05, 0) is 28.5 Å². The van der Waals surface area contributed by atoms with Crippen LogP contribution < -0.4 is 0 Å². The normalized spacial score (nSPS) is 10.6. The highest BCUT2D eigenvalue weighted by atomic mass is 79.9. The first-order valence-corrected chi connectivity index (χ1v) is 5.19. The summed E-state index contributed by atoms with van der Waals surface area (Å²) in [5, 5.41) is 11.4. The summed E-state index contributed by atoms with van der Waals surface area (Å²) in [5.41, 5.74) is 0.540. The third-order valence-corrected chi connectivity index (χ3v) is 2.02. The lowest BCUT2D eigenvalue weighted by atomic mass is 10.2. The van der Waals surface area contributed by atoms with Crippen LogP contribution in [0.2, 0.25) is 0 Å². The highest BCUT2D eigenvalue weighted by molar-refractivity contribution is 9.09. The second-order valence-corrected chi connectivity index (χ2v) is 3.35. The number of hydrogen-bond donors (Lipinski definition) is 0. The number of halogens is 1. The fraction of sp³-hybridized carbons (Fsp3) is 0.222. The van der Waals surface area contributed by atoms with E-state index < -0.39 is 4.92 Å². The van der Waals surface area contributed by atoms with Crippen molar-refractivity contribution in [2.24, 2.45) is 0 Å². The maximum Gasteiger partial charge on any atom is 0.370 e. The summed E-state index contributed by atoms with van der Waals surface area (Å²) in [6, 6.07) is 3.36. The Bertz CT molecular complexity index is 352. The van der Waals surface area contributed by atoms with Gasteiger partial charge >= 0.3 is 5.82 Å². The molecule has 0 aliphatic heterocycles. The molecule has 1 rings (SSSR count). The van der Waals surface area contributed by atoms with Crippen molar-refractivity contribution in [2.75, 3.05) is 5.33 Å². The Labute approximate surface area is 89.9 Å². The van der Waals surface area contributed by atoms with E-state index in [-0.39, 0.29) is 5.82 Å². The van der Waals surface area contributed by atoms with Gasteiger partial charge in [-0.1, -0.05) is 28.1 Å². The van der Waals surface area contributed by atoms with Crippen molar-refractivity contribution in [2.45, 2.75) is 6.42 Å². The molecule has 0 unspecified atom stereocenters. The van der Waals surface area contributed by atoms with Crippen LogP contribution in [0.3, 0.4) is 0 Å². The molecule has 0 aliphatic rings. The molecule has 0 aliphatic carbocycles. The number of aromatic nitrogens is 1. The van der Waals surface area contributed by atoms with E-state index in [0.717, 1.165) is 11.8 Å². The average Bonchev–Trinajstić information content (AvgIpc) is 2.19. The molecule has 0 radical (unpaired) electrons. The van der Waals surface area contributed by atoms with Crippen LogP contribution >= 0.6 is 15.9 Å². The van der Waals surface area contributed by atoms with E-state index in [1.165, 1.54) is 6.20 Å². The van der Waals surface area contributed by atoms with E-state index in [1.807, 2.05) is 6.08 Å². The monoisotopic (exact) mass is 256 g/mol. The Kier molecular flexibility index (Phi) is 4.25. The van der Waals surface area contributed by atoms with Crippen molar-refractivity contribution in [3.05, 3.63) is 40.1 Å². The van der Waals surface area contributed by atoms with Gasteiger partial charge in [-0.15, -0.1) is 0 Å². The summed E-state index contributed by atoms with van der Waals surface area (Å²) in [5.74, 6) is -0.0988. The second-order valence-electron chi connectivity index (χ2n) is 2.55. The highest BCUT2D eigenvalue weighted by Crippen LogP contribution is 2.15. The Morgan fingerprint density at radius 1 is 1.64 bits per heavy atom. The third-order valence-electron chi connectivity index (χ3n) is 1.56. The van der Waals surface area contributed by atoms with E-state index in [0.29, 0.717) is 5.56 Å². The Balaban J connectivity index is 2.90. The van der Waals surface area contributed by atoms with Crippen LogP contribution in [-0.4, -0.2) is 15.2 Å². The van der Waals surface area contributed by atoms with E-state index in [4.69, 9.17) is 0 Å². The minimum atomic E-state index is -0.478. The van der Waals surface area contributed by atoms with Gasteiger partial charge in [0.2, 0.25) is 0 Å². The summed E-state index contributed by atoms with van der Waals surface area (Å²) in [7, 11) is 0. The van der Waals surface area contributed by atoms with E-state index >= 15 is 0 Å². The van der Waals surface area contributed by atoms with Crippen molar-refractivity contribution in [3.63, 3.8) is 0 Å². The minimum Gasteiger partial charge on any atom is -0.358 e. The van der Waals surface area contributed by atoms with E-state index in [2.05, 4.69) is 20.9 Å². The van der Waals surface area contributed by atoms with Crippen LogP contribution in [0.5, 0.6) is 0 Å². The first-order chi connectivity index (χ1) is 6.75. The molecule has 0 fully saturated rings. The fourth-order valence-electron chi connectivity index (χ4n) is 0.965. The fourth-order valence-corrected chi connectivity index (χ4v) is 1.23. The number of allylic oxidation sites excluding steroid dienone is 1. The maximum absolute atomic E-state index is 10.6. The van der Waals surface area contributed by atoms with Gasteiger partial charge in [0.15, 0.2) is 0 Å². The number of hydrogen-bond acceptors (Lipinski definition) is 3. The quantitative estimate of drug-likeness (QED) is 0.473.